The van der Waals surface area contributed by atoms with Crippen LogP contribution < -0.4 is 4.80 Å². The molecule has 136 valence electrons. The van der Waals surface area contributed by atoms with Gasteiger partial charge in [-0.3, -0.25) is 4.79 Å². The van der Waals surface area contributed by atoms with Crippen LogP contribution >= 0.6 is 57.7 Å². The zero-order valence-corrected chi connectivity index (χ0v) is 17.3. The second-order valence-corrected chi connectivity index (χ2v) is 8.00. The lowest BCUT2D eigenvalue weighted by atomic mass is 10.2. The third kappa shape index (κ3) is 4.09. The van der Waals surface area contributed by atoms with Gasteiger partial charge in [-0.2, -0.15) is 4.99 Å². The first-order chi connectivity index (χ1) is 12.4. The molecule has 1 aromatic heterocycles. The zero-order chi connectivity index (χ0) is 18.8. The molecule has 0 aliphatic carbocycles. The van der Waals surface area contributed by atoms with E-state index in [0.29, 0.717) is 33.0 Å². The summed E-state index contributed by atoms with van der Waals surface area (Å²) in [7, 11) is 1.60. The molecule has 0 saturated carbocycles. The maximum absolute atomic E-state index is 12.6. The monoisotopic (exact) mass is 448 g/mol. The predicted octanol–water partition coefficient (Wildman–Crippen LogP) is 5.70. The third-order valence-corrected chi connectivity index (χ3v) is 5.67. The summed E-state index contributed by atoms with van der Waals surface area (Å²) < 4.78 is 7.81. The molecule has 9 heteroatoms. The predicted molar refractivity (Wildman–Crippen MR) is 108 cm³/mol. The van der Waals surface area contributed by atoms with E-state index in [4.69, 9.17) is 51.1 Å². The highest BCUT2D eigenvalue weighted by atomic mass is 35.5. The molecule has 3 aromatic rings. The van der Waals surface area contributed by atoms with Crippen LogP contribution in [0.25, 0.3) is 10.2 Å². The lowest BCUT2D eigenvalue weighted by molar-refractivity contribution is 0.0997. The number of halogens is 4. The second-order valence-electron chi connectivity index (χ2n) is 5.30. The average Bonchev–Trinajstić information content (AvgIpc) is 2.92. The molecule has 3 rings (SSSR count). The van der Waals surface area contributed by atoms with Crippen LogP contribution in [0.15, 0.2) is 35.3 Å². The van der Waals surface area contributed by atoms with Crippen molar-refractivity contribution >= 4 is 73.9 Å². The number of thiazole rings is 1. The van der Waals surface area contributed by atoms with E-state index >= 15 is 0 Å². The molecule has 0 fully saturated rings. The van der Waals surface area contributed by atoms with Gasteiger partial charge < -0.3 is 9.30 Å². The first kappa shape index (κ1) is 19.7. The molecule has 0 N–H and O–H groups in total. The van der Waals surface area contributed by atoms with Crippen molar-refractivity contribution in [3.63, 3.8) is 0 Å². The SMILES string of the molecule is COCCn1c(=NC(=O)c2cc(Cl)ccc2Cl)sc2cc(Cl)cc(Cl)c21. The molecule has 0 atom stereocenters. The first-order valence-electron chi connectivity index (χ1n) is 7.42. The van der Waals surface area contributed by atoms with E-state index < -0.39 is 5.91 Å². The summed E-state index contributed by atoms with van der Waals surface area (Å²) in [5.74, 6) is -0.488. The van der Waals surface area contributed by atoms with Gasteiger partial charge in [0.2, 0.25) is 0 Å². The van der Waals surface area contributed by atoms with Crippen molar-refractivity contribution in [3.8, 4) is 0 Å². The number of hydrogen-bond donors (Lipinski definition) is 0. The van der Waals surface area contributed by atoms with Crippen LogP contribution in [-0.4, -0.2) is 24.2 Å². The average molecular weight is 450 g/mol. The minimum atomic E-state index is -0.488. The minimum absolute atomic E-state index is 0.235. The maximum Gasteiger partial charge on any atom is 0.281 e. The molecular formula is C17H12Cl4N2O2S. The van der Waals surface area contributed by atoms with Gasteiger partial charge in [0.25, 0.3) is 5.91 Å². The van der Waals surface area contributed by atoms with Gasteiger partial charge in [-0.1, -0.05) is 57.7 Å². The number of benzene rings is 2. The fraction of sp³-hybridized carbons (Fsp3) is 0.176. The van der Waals surface area contributed by atoms with Crippen molar-refractivity contribution in [3.05, 3.63) is 60.8 Å². The number of fused-ring (bicyclic) bond motifs is 1. The van der Waals surface area contributed by atoms with Crippen molar-refractivity contribution < 1.29 is 9.53 Å². The largest absolute Gasteiger partial charge is 0.383 e. The van der Waals surface area contributed by atoms with E-state index in [1.54, 1.807) is 31.4 Å². The van der Waals surface area contributed by atoms with Crippen molar-refractivity contribution in [2.45, 2.75) is 6.54 Å². The number of hydrogen-bond acceptors (Lipinski definition) is 3. The number of ether oxygens (including phenoxy) is 1. The van der Waals surface area contributed by atoms with Crippen LogP contribution in [0.2, 0.25) is 20.1 Å². The number of amides is 1. The second kappa shape index (κ2) is 8.30. The minimum Gasteiger partial charge on any atom is -0.383 e. The van der Waals surface area contributed by atoms with Gasteiger partial charge in [-0.15, -0.1) is 0 Å². The standard InChI is InChI=1S/C17H12Cl4N2O2S/c1-25-5-4-23-15-13(21)7-10(19)8-14(15)26-17(23)22-16(24)11-6-9(18)2-3-12(11)20/h2-3,6-8H,4-5H2,1H3. The number of methoxy groups -OCH3 is 1. The van der Waals surface area contributed by atoms with Crippen molar-refractivity contribution in [1.29, 1.82) is 0 Å². The summed E-state index contributed by atoms with van der Waals surface area (Å²) in [5.41, 5.74) is 0.987. The Labute approximate surface area is 173 Å². The Hall–Kier alpha value is -1.08. The molecule has 0 unspecified atom stereocenters. The Bertz CT molecular complexity index is 1060. The number of rotatable bonds is 4. The van der Waals surface area contributed by atoms with Gasteiger partial charge in [0, 0.05) is 23.7 Å². The van der Waals surface area contributed by atoms with Gasteiger partial charge in [0.1, 0.15) is 0 Å². The van der Waals surface area contributed by atoms with E-state index in [1.807, 2.05) is 4.57 Å². The number of nitrogens with zero attached hydrogens (tertiary/aromatic N) is 2. The van der Waals surface area contributed by atoms with Crippen LogP contribution in [0.3, 0.4) is 0 Å². The molecular weight excluding hydrogens is 438 g/mol. The highest BCUT2D eigenvalue weighted by molar-refractivity contribution is 7.16. The Morgan fingerprint density at radius 3 is 2.62 bits per heavy atom. The molecule has 0 saturated heterocycles. The summed E-state index contributed by atoms with van der Waals surface area (Å²) >= 11 is 25.8. The first-order valence-corrected chi connectivity index (χ1v) is 9.75. The summed E-state index contributed by atoms with van der Waals surface area (Å²) in [6, 6.07) is 8.10. The lowest BCUT2D eigenvalue weighted by Gasteiger charge is -2.06. The van der Waals surface area contributed by atoms with Crippen LogP contribution in [0, 0.1) is 0 Å². The van der Waals surface area contributed by atoms with Crippen LogP contribution in [-0.2, 0) is 11.3 Å². The molecule has 0 aliphatic heterocycles. The van der Waals surface area contributed by atoms with Crippen molar-refractivity contribution in [1.82, 2.24) is 4.57 Å². The molecule has 1 amide bonds. The smallest absolute Gasteiger partial charge is 0.281 e. The normalized spacial score (nSPS) is 12.1. The molecule has 2 aromatic carbocycles. The van der Waals surface area contributed by atoms with Crippen LogP contribution in [0.5, 0.6) is 0 Å². The van der Waals surface area contributed by atoms with Crippen molar-refractivity contribution in [2.75, 3.05) is 13.7 Å². The zero-order valence-electron chi connectivity index (χ0n) is 13.4. The van der Waals surface area contributed by atoms with E-state index in [9.17, 15) is 4.79 Å². The Morgan fingerprint density at radius 2 is 1.88 bits per heavy atom. The van der Waals surface area contributed by atoms with Crippen LogP contribution in [0.4, 0.5) is 0 Å². The number of carbonyl (C=O) groups is 1. The molecule has 0 aliphatic rings. The fourth-order valence-electron chi connectivity index (χ4n) is 2.41. The molecule has 0 radical (unpaired) electrons. The summed E-state index contributed by atoms with van der Waals surface area (Å²) in [6.45, 7) is 0.914. The molecule has 0 spiro atoms. The Balaban J connectivity index is 2.19. The van der Waals surface area contributed by atoms with Gasteiger partial charge in [-0.25, -0.2) is 0 Å². The lowest BCUT2D eigenvalue weighted by Crippen LogP contribution is -2.19. The van der Waals surface area contributed by atoms with Gasteiger partial charge in [0.15, 0.2) is 4.80 Å². The molecule has 4 nitrogen and oxygen atoms in total. The van der Waals surface area contributed by atoms with Gasteiger partial charge >= 0.3 is 0 Å². The molecule has 26 heavy (non-hydrogen) atoms. The quantitative estimate of drug-likeness (QED) is 0.512. The molecule has 1 heterocycles. The maximum atomic E-state index is 12.6. The van der Waals surface area contributed by atoms with Gasteiger partial charge in [0.05, 0.1) is 32.4 Å². The summed E-state index contributed by atoms with van der Waals surface area (Å²) in [5, 5.41) is 1.69. The molecule has 0 bridgehead atoms. The van der Waals surface area contributed by atoms with E-state index in [1.165, 1.54) is 17.4 Å². The highest BCUT2D eigenvalue weighted by Crippen LogP contribution is 2.30. The van der Waals surface area contributed by atoms with E-state index in [0.717, 1.165) is 10.2 Å². The summed E-state index contributed by atoms with van der Waals surface area (Å²) in [4.78, 5) is 17.3. The topological polar surface area (TPSA) is 43.6 Å². The number of carbonyl (C=O) groups excluding carboxylic acids is 1. The highest BCUT2D eigenvalue weighted by Gasteiger charge is 2.14. The van der Waals surface area contributed by atoms with Gasteiger partial charge in [-0.05, 0) is 30.3 Å². The van der Waals surface area contributed by atoms with E-state index in [-0.39, 0.29) is 10.6 Å². The summed E-state index contributed by atoms with van der Waals surface area (Å²) in [6.07, 6.45) is 0. The number of aromatic nitrogens is 1. The van der Waals surface area contributed by atoms with E-state index in [2.05, 4.69) is 4.99 Å². The van der Waals surface area contributed by atoms with Crippen LogP contribution in [0.1, 0.15) is 10.4 Å². The Morgan fingerprint density at radius 1 is 1.12 bits per heavy atom. The Kier molecular flexibility index (Phi) is 6.28. The fourth-order valence-corrected chi connectivity index (χ4v) is 4.62. The van der Waals surface area contributed by atoms with Crippen molar-refractivity contribution in [2.24, 2.45) is 4.99 Å². The third-order valence-electron chi connectivity index (χ3n) is 3.57.